The second-order valence-electron chi connectivity index (χ2n) is 3.92. The van der Waals surface area contributed by atoms with Gasteiger partial charge in [0.1, 0.15) is 0 Å². The van der Waals surface area contributed by atoms with E-state index >= 15 is 0 Å². The fraction of sp³-hybridized carbons (Fsp3) is 0.571. The minimum Gasteiger partial charge on any atom is -0.246 e. The first kappa shape index (κ1) is 12.1. The van der Waals surface area contributed by atoms with Gasteiger partial charge in [0.05, 0.1) is 0 Å². The summed E-state index contributed by atoms with van der Waals surface area (Å²) in [5, 5.41) is 0. The first-order valence-corrected chi connectivity index (χ1v) is 4.69. The first-order chi connectivity index (χ1) is 6.68. The first-order valence-electron chi connectivity index (χ1n) is 4.02. The maximum Gasteiger partial charge on any atom is 0.366 e. The van der Waals surface area contributed by atoms with E-state index in [1.54, 1.807) is 20.8 Å². The molecule has 0 bridgehead atoms. The van der Waals surface area contributed by atoms with Gasteiger partial charge in [-0.15, -0.1) is 8.17 Å². The van der Waals surface area contributed by atoms with Crippen LogP contribution in [0.5, 0.6) is 0 Å². The van der Waals surface area contributed by atoms with Crippen molar-refractivity contribution in [2.45, 2.75) is 26.3 Å². The highest BCUT2D eigenvalue weighted by atomic mass is 35.5. The van der Waals surface area contributed by atoms with Gasteiger partial charge in [-0.2, -0.15) is 0 Å². The number of hydrogen-bond acceptors (Lipinski definition) is 3. The Balaban J connectivity index is 3.95. The van der Waals surface area contributed by atoms with Gasteiger partial charge in [-0.05, 0) is 20.8 Å². The summed E-state index contributed by atoms with van der Waals surface area (Å²) in [5.74, 6) is 0. The van der Waals surface area contributed by atoms with Crippen molar-refractivity contribution in [2.75, 3.05) is 0 Å². The van der Waals surface area contributed by atoms with Gasteiger partial charge in [-0.25, -0.2) is 19.0 Å². The maximum absolute atomic E-state index is 11.5. The van der Waals surface area contributed by atoms with Crippen molar-refractivity contribution >= 4 is 23.6 Å². The number of hydrogen-bond donors (Lipinski definition) is 0. The number of halogens is 2. The van der Waals surface area contributed by atoms with Gasteiger partial charge in [0.15, 0.2) is 0 Å². The van der Waals surface area contributed by atoms with E-state index in [1.807, 2.05) is 0 Å². The lowest BCUT2D eigenvalue weighted by Gasteiger charge is -2.20. The zero-order valence-electron chi connectivity index (χ0n) is 8.32. The lowest BCUT2D eigenvalue weighted by Crippen LogP contribution is -2.54. The van der Waals surface area contributed by atoms with Crippen LogP contribution in [-0.4, -0.2) is 12.7 Å². The molecule has 0 aliphatic heterocycles. The molecule has 0 spiro atoms. The van der Waals surface area contributed by atoms with Crippen LogP contribution < -0.4 is 17.1 Å². The predicted molar refractivity (Wildman–Crippen MR) is 56.7 cm³/mol. The second-order valence-corrected chi connectivity index (χ2v) is 4.59. The van der Waals surface area contributed by atoms with Gasteiger partial charge in [-0.1, -0.05) is 0 Å². The summed E-state index contributed by atoms with van der Waals surface area (Å²) in [6.07, 6.45) is 0. The zero-order chi connectivity index (χ0) is 12.0. The van der Waals surface area contributed by atoms with E-state index in [9.17, 15) is 14.4 Å². The Hall–Kier alpha value is -1.01. The Morgan fingerprint density at radius 2 is 1.20 bits per heavy atom. The van der Waals surface area contributed by atoms with Gasteiger partial charge in [0, 0.05) is 29.1 Å². The minimum absolute atomic E-state index is 0.264. The number of rotatable bonds is 0. The van der Waals surface area contributed by atoms with Crippen molar-refractivity contribution < 1.29 is 0 Å². The second kappa shape index (κ2) is 3.53. The molecule has 1 aromatic heterocycles. The quantitative estimate of drug-likeness (QED) is 0.651. The SMILES string of the molecule is CC(C)(C)n1c(=O)n(Cl)c(=O)n(Cl)c1=O. The Kier molecular flexibility index (Phi) is 2.84. The molecule has 0 fully saturated rings. The van der Waals surface area contributed by atoms with Crippen molar-refractivity contribution in [1.82, 2.24) is 12.7 Å². The van der Waals surface area contributed by atoms with Crippen LogP contribution in [-0.2, 0) is 5.54 Å². The fourth-order valence-corrected chi connectivity index (χ4v) is 1.41. The van der Waals surface area contributed by atoms with E-state index in [2.05, 4.69) is 0 Å². The summed E-state index contributed by atoms with van der Waals surface area (Å²) in [7, 11) is 0. The lowest BCUT2D eigenvalue weighted by atomic mass is 10.1. The smallest absolute Gasteiger partial charge is 0.246 e. The molecule has 0 saturated heterocycles. The molecule has 0 saturated carbocycles. The fourth-order valence-electron chi connectivity index (χ4n) is 1.07. The van der Waals surface area contributed by atoms with Gasteiger partial charge >= 0.3 is 17.1 Å². The average molecular weight is 254 g/mol. The summed E-state index contributed by atoms with van der Waals surface area (Å²) in [6, 6.07) is 0. The molecule has 0 unspecified atom stereocenters. The Labute approximate surface area is 94.5 Å². The third kappa shape index (κ3) is 1.87. The third-order valence-corrected chi connectivity index (χ3v) is 2.30. The van der Waals surface area contributed by atoms with Crippen LogP contribution in [0.1, 0.15) is 20.8 Å². The molecule has 0 aliphatic rings. The molecule has 0 N–H and O–H groups in total. The summed E-state index contributed by atoms with van der Waals surface area (Å²) >= 11 is 10.8. The van der Waals surface area contributed by atoms with E-state index in [4.69, 9.17) is 23.6 Å². The van der Waals surface area contributed by atoms with E-state index < -0.39 is 22.6 Å². The minimum atomic E-state index is -1.08. The predicted octanol–water partition coefficient (Wildman–Crippen LogP) is -0.0695. The molecular weight excluding hydrogens is 245 g/mol. The normalized spacial score (nSPS) is 11.8. The monoisotopic (exact) mass is 253 g/mol. The molecule has 6 nitrogen and oxygen atoms in total. The van der Waals surface area contributed by atoms with Crippen LogP contribution in [0.25, 0.3) is 0 Å². The maximum atomic E-state index is 11.5. The molecule has 0 aliphatic carbocycles. The topological polar surface area (TPSA) is 66.0 Å². The molecule has 8 heteroatoms. The van der Waals surface area contributed by atoms with E-state index in [-0.39, 0.29) is 8.17 Å². The van der Waals surface area contributed by atoms with Gasteiger partial charge in [0.2, 0.25) is 0 Å². The number of aromatic nitrogens is 3. The number of nitrogens with zero attached hydrogens (tertiary/aromatic N) is 3. The summed E-state index contributed by atoms with van der Waals surface area (Å²) in [5.41, 5.74) is -3.70. The van der Waals surface area contributed by atoms with Crippen LogP contribution in [0.15, 0.2) is 14.4 Å². The summed E-state index contributed by atoms with van der Waals surface area (Å²) < 4.78 is 1.33. The molecule has 84 valence electrons. The van der Waals surface area contributed by atoms with Crippen LogP contribution in [0.2, 0.25) is 0 Å². The van der Waals surface area contributed by atoms with Gasteiger partial charge < -0.3 is 0 Å². The average Bonchev–Trinajstić information content (AvgIpc) is 2.09. The molecule has 1 heterocycles. The van der Waals surface area contributed by atoms with Crippen molar-refractivity contribution in [1.29, 1.82) is 0 Å². The summed E-state index contributed by atoms with van der Waals surface area (Å²) in [4.78, 5) is 34.2. The molecule has 0 atom stereocenters. The molecular formula is C7H9Cl2N3O3. The van der Waals surface area contributed by atoms with Gasteiger partial charge in [0.25, 0.3) is 0 Å². The Morgan fingerprint density at radius 1 is 0.867 bits per heavy atom. The molecule has 0 aromatic carbocycles. The highest BCUT2D eigenvalue weighted by Gasteiger charge is 2.22. The Bertz CT molecular complexity index is 521. The molecule has 1 rings (SSSR count). The van der Waals surface area contributed by atoms with Crippen LogP contribution in [0, 0.1) is 0 Å². The van der Waals surface area contributed by atoms with Crippen LogP contribution in [0.4, 0.5) is 0 Å². The molecule has 15 heavy (non-hydrogen) atoms. The zero-order valence-corrected chi connectivity index (χ0v) is 9.83. The molecule has 0 amide bonds. The van der Waals surface area contributed by atoms with Crippen LogP contribution >= 0.6 is 23.6 Å². The molecule has 1 aromatic rings. The molecule has 0 radical (unpaired) electrons. The highest BCUT2D eigenvalue weighted by molar-refractivity contribution is 6.17. The van der Waals surface area contributed by atoms with E-state index in [0.29, 0.717) is 0 Å². The van der Waals surface area contributed by atoms with Crippen molar-refractivity contribution in [3.05, 3.63) is 31.5 Å². The van der Waals surface area contributed by atoms with E-state index in [0.717, 1.165) is 4.57 Å². The van der Waals surface area contributed by atoms with Crippen molar-refractivity contribution in [3.8, 4) is 0 Å². The standard InChI is InChI=1S/C7H9Cl2N3O3/c1-7(2,3)10-4(13)11(8)6(15)12(9)5(10)14/h1-3H3. The highest BCUT2D eigenvalue weighted by Crippen LogP contribution is 2.06. The Morgan fingerprint density at radius 3 is 1.47 bits per heavy atom. The van der Waals surface area contributed by atoms with Crippen molar-refractivity contribution in [2.24, 2.45) is 0 Å². The summed E-state index contributed by atoms with van der Waals surface area (Å²) in [6.45, 7) is 4.86. The largest absolute Gasteiger partial charge is 0.366 e. The van der Waals surface area contributed by atoms with Crippen LogP contribution in [0.3, 0.4) is 0 Å². The van der Waals surface area contributed by atoms with Gasteiger partial charge in [-0.3, -0.25) is 0 Å². The van der Waals surface area contributed by atoms with Crippen molar-refractivity contribution in [3.63, 3.8) is 0 Å². The van der Waals surface area contributed by atoms with E-state index in [1.165, 1.54) is 0 Å². The third-order valence-electron chi connectivity index (χ3n) is 1.73. The lowest BCUT2D eigenvalue weighted by molar-refractivity contribution is 0.350.